The van der Waals surface area contributed by atoms with Crippen molar-refractivity contribution in [2.24, 2.45) is 13.0 Å². The number of ether oxygens (including phenoxy) is 1. The standard InChI is InChI=1S/C26H26N4O5/c1-30-24(21(13-27-30)25(32)33)29-23(31)12-15-10-16(11-15)28-26(34)35-14-22-19-8-4-2-6-17(19)18-7-3-5-9-20(18)22/h2-9,13,15-16,22H,10-12,14H2,1H3,(H,28,34)(H,29,31)(H,32,33). The molecule has 9 nitrogen and oxygen atoms in total. The van der Waals surface area contributed by atoms with Crippen LogP contribution in [0.25, 0.3) is 11.1 Å². The maximum absolute atomic E-state index is 12.4. The molecule has 0 unspecified atom stereocenters. The van der Waals surface area contributed by atoms with Crippen molar-refractivity contribution in [3.63, 3.8) is 0 Å². The average molecular weight is 475 g/mol. The Labute approximate surface area is 202 Å². The largest absolute Gasteiger partial charge is 0.477 e. The number of nitrogens with one attached hydrogen (secondary N) is 2. The molecular weight excluding hydrogens is 448 g/mol. The number of nitrogens with zero attached hydrogens (tertiary/aromatic N) is 2. The molecular formula is C26H26N4O5. The van der Waals surface area contributed by atoms with Crippen molar-refractivity contribution in [3.05, 3.63) is 71.4 Å². The second kappa shape index (κ2) is 9.25. The molecule has 3 N–H and O–H groups in total. The van der Waals surface area contributed by atoms with E-state index in [2.05, 4.69) is 40.0 Å². The van der Waals surface area contributed by atoms with E-state index >= 15 is 0 Å². The lowest BCUT2D eigenvalue weighted by atomic mass is 9.78. The van der Waals surface area contributed by atoms with E-state index in [9.17, 15) is 19.5 Å². The fraction of sp³-hybridized carbons (Fsp3) is 0.308. The van der Waals surface area contributed by atoms with E-state index in [1.54, 1.807) is 7.05 Å². The van der Waals surface area contributed by atoms with Crippen molar-refractivity contribution in [1.82, 2.24) is 15.1 Å². The first kappa shape index (κ1) is 22.6. The molecule has 180 valence electrons. The molecule has 3 aromatic rings. The summed E-state index contributed by atoms with van der Waals surface area (Å²) >= 11 is 0. The summed E-state index contributed by atoms with van der Waals surface area (Å²) in [6.45, 7) is 0.259. The van der Waals surface area contributed by atoms with Gasteiger partial charge in [-0.25, -0.2) is 9.59 Å². The zero-order valence-electron chi connectivity index (χ0n) is 19.2. The smallest absolute Gasteiger partial charge is 0.407 e. The van der Waals surface area contributed by atoms with E-state index in [4.69, 9.17) is 4.74 Å². The van der Waals surface area contributed by atoms with Gasteiger partial charge in [0, 0.05) is 25.4 Å². The molecule has 1 saturated carbocycles. The van der Waals surface area contributed by atoms with Gasteiger partial charge in [0.1, 0.15) is 18.0 Å². The number of hydrogen-bond donors (Lipinski definition) is 3. The number of aromatic nitrogens is 2. The van der Waals surface area contributed by atoms with Crippen LogP contribution in [0.1, 0.15) is 46.7 Å². The molecule has 0 saturated heterocycles. The number of benzene rings is 2. The third-order valence-electron chi connectivity index (χ3n) is 6.80. The van der Waals surface area contributed by atoms with Crippen molar-refractivity contribution in [2.45, 2.75) is 31.2 Å². The highest BCUT2D eigenvalue weighted by molar-refractivity contribution is 5.99. The van der Waals surface area contributed by atoms with Crippen LogP contribution in [-0.4, -0.2) is 45.5 Å². The van der Waals surface area contributed by atoms with E-state index in [1.165, 1.54) is 22.0 Å². The van der Waals surface area contributed by atoms with E-state index in [-0.39, 0.29) is 48.2 Å². The zero-order valence-corrected chi connectivity index (χ0v) is 19.2. The fourth-order valence-electron chi connectivity index (χ4n) is 5.01. The lowest BCUT2D eigenvalue weighted by molar-refractivity contribution is -0.117. The van der Waals surface area contributed by atoms with Crippen molar-refractivity contribution in [1.29, 1.82) is 0 Å². The SMILES string of the molecule is Cn1ncc(C(=O)O)c1NC(=O)CC1CC(NC(=O)OCC2c3ccccc3-c3ccccc32)C1. The van der Waals surface area contributed by atoms with Gasteiger partial charge in [0.05, 0.1) is 6.20 Å². The van der Waals surface area contributed by atoms with Gasteiger partial charge < -0.3 is 20.5 Å². The van der Waals surface area contributed by atoms with Gasteiger partial charge >= 0.3 is 12.1 Å². The van der Waals surface area contributed by atoms with Crippen molar-refractivity contribution in [3.8, 4) is 11.1 Å². The Morgan fingerprint density at radius 1 is 1.06 bits per heavy atom. The summed E-state index contributed by atoms with van der Waals surface area (Å²) in [5.74, 6) is -1.15. The molecule has 0 aliphatic heterocycles. The molecule has 2 aliphatic rings. The number of hydrogen-bond acceptors (Lipinski definition) is 5. The lowest BCUT2D eigenvalue weighted by Crippen LogP contribution is -2.45. The van der Waals surface area contributed by atoms with Crippen LogP contribution >= 0.6 is 0 Å². The monoisotopic (exact) mass is 474 g/mol. The van der Waals surface area contributed by atoms with Gasteiger partial charge in [0.15, 0.2) is 0 Å². The quantitative estimate of drug-likeness (QED) is 0.479. The maximum atomic E-state index is 12.4. The van der Waals surface area contributed by atoms with Crippen LogP contribution in [0.15, 0.2) is 54.7 Å². The van der Waals surface area contributed by atoms with Crippen LogP contribution in [0.3, 0.4) is 0 Å². The number of alkyl carbamates (subject to hydrolysis) is 1. The molecule has 35 heavy (non-hydrogen) atoms. The number of carbonyl (C=O) groups is 3. The Bertz CT molecular complexity index is 1250. The molecule has 2 aromatic carbocycles. The first-order valence-corrected chi connectivity index (χ1v) is 11.6. The van der Waals surface area contributed by atoms with Crippen LogP contribution in [0, 0.1) is 5.92 Å². The van der Waals surface area contributed by atoms with Crippen LogP contribution in [-0.2, 0) is 16.6 Å². The summed E-state index contributed by atoms with van der Waals surface area (Å²) in [6.07, 6.45) is 2.31. The first-order valence-electron chi connectivity index (χ1n) is 11.6. The van der Waals surface area contributed by atoms with Crippen LogP contribution < -0.4 is 10.6 Å². The van der Waals surface area contributed by atoms with E-state index in [0.717, 1.165) is 11.1 Å². The number of aryl methyl sites for hydroxylation is 1. The Morgan fingerprint density at radius 2 is 1.69 bits per heavy atom. The first-order chi connectivity index (χ1) is 16.9. The third kappa shape index (κ3) is 4.49. The normalized spacial score (nSPS) is 18.2. The van der Waals surface area contributed by atoms with Gasteiger partial charge in [-0.3, -0.25) is 9.48 Å². The number of carbonyl (C=O) groups excluding carboxylic acids is 2. The number of anilines is 1. The number of carboxylic acids is 1. The molecule has 0 bridgehead atoms. The summed E-state index contributed by atoms with van der Waals surface area (Å²) < 4.78 is 6.91. The molecule has 2 aliphatic carbocycles. The topological polar surface area (TPSA) is 123 Å². The molecule has 9 heteroatoms. The van der Waals surface area contributed by atoms with Gasteiger partial charge in [0.2, 0.25) is 5.91 Å². The van der Waals surface area contributed by atoms with Crippen LogP contribution in [0.4, 0.5) is 10.6 Å². The lowest BCUT2D eigenvalue weighted by Gasteiger charge is -2.35. The zero-order chi connectivity index (χ0) is 24.5. The summed E-state index contributed by atoms with van der Waals surface area (Å²) in [4.78, 5) is 36.0. The third-order valence-corrected chi connectivity index (χ3v) is 6.80. The van der Waals surface area contributed by atoms with Crippen molar-refractivity contribution < 1.29 is 24.2 Å². The predicted molar refractivity (Wildman–Crippen MR) is 128 cm³/mol. The van der Waals surface area contributed by atoms with Crippen LogP contribution in [0.5, 0.6) is 0 Å². The molecule has 1 aromatic heterocycles. The molecule has 2 amide bonds. The number of rotatable bonds is 7. The Morgan fingerprint density at radius 3 is 2.31 bits per heavy atom. The minimum atomic E-state index is -1.15. The second-order valence-corrected chi connectivity index (χ2v) is 9.09. The van der Waals surface area contributed by atoms with Gasteiger partial charge in [0.25, 0.3) is 0 Å². The van der Waals surface area contributed by atoms with E-state index in [0.29, 0.717) is 12.8 Å². The second-order valence-electron chi connectivity index (χ2n) is 9.09. The summed E-state index contributed by atoms with van der Waals surface area (Å²) in [5, 5.41) is 18.6. The molecule has 0 atom stereocenters. The van der Waals surface area contributed by atoms with Crippen LogP contribution in [0.2, 0.25) is 0 Å². The van der Waals surface area contributed by atoms with E-state index < -0.39 is 12.1 Å². The summed E-state index contributed by atoms with van der Waals surface area (Å²) in [6, 6.07) is 16.3. The summed E-state index contributed by atoms with van der Waals surface area (Å²) in [5.41, 5.74) is 4.63. The molecule has 5 rings (SSSR count). The predicted octanol–water partition coefficient (Wildman–Crippen LogP) is 3.76. The molecule has 1 heterocycles. The van der Waals surface area contributed by atoms with Gasteiger partial charge in [-0.05, 0) is 41.0 Å². The molecule has 0 spiro atoms. The molecule has 1 fully saturated rings. The number of fused-ring (bicyclic) bond motifs is 3. The average Bonchev–Trinajstić information content (AvgIpc) is 3.34. The Kier molecular flexibility index (Phi) is 5.98. The summed E-state index contributed by atoms with van der Waals surface area (Å²) in [7, 11) is 1.57. The van der Waals surface area contributed by atoms with Gasteiger partial charge in [-0.1, -0.05) is 48.5 Å². The minimum Gasteiger partial charge on any atom is -0.477 e. The van der Waals surface area contributed by atoms with Gasteiger partial charge in [-0.2, -0.15) is 5.10 Å². The number of aromatic carboxylic acids is 1. The number of carboxylic acid groups (broad SMARTS) is 1. The highest BCUT2D eigenvalue weighted by Gasteiger charge is 2.34. The van der Waals surface area contributed by atoms with Gasteiger partial charge in [-0.15, -0.1) is 0 Å². The highest BCUT2D eigenvalue weighted by Crippen LogP contribution is 2.44. The van der Waals surface area contributed by atoms with Crippen molar-refractivity contribution in [2.75, 3.05) is 11.9 Å². The minimum absolute atomic E-state index is 0.00804. The fourth-order valence-corrected chi connectivity index (χ4v) is 5.01. The maximum Gasteiger partial charge on any atom is 0.407 e. The Balaban J connectivity index is 1.09. The number of amides is 2. The Hall–Kier alpha value is -4.14. The van der Waals surface area contributed by atoms with E-state index in [1.807, 2.05) is 24.3 Å². The van der Waals surface area contributed by atoms with Crippen molar-refractivity contribution >= 4 is 23.8 Å². The molecule has 0 radical (unpaired) electrons. The highest BCUT2D eigenvalue weighted by atomic mass is 16.5.